The summed E-state index contributed by atoms with van der Waals surface area (Å²) in [5, 5.41) is 4.95. The molecule has 0 saturated carbocycles. The van der Waals surface area contributed by atoms with E-state index < -0.39 is 0 Å². The highest BCUT2D eigenvalue weighted by molar-refractivity contribution is 6.11. The van der Waals surface area contributed by atoms with Gasteiger partial charge in [0.15, 0.2) is 5.82 Å². The van der Waals surface area contributed by atoms with Gasteiger partial charge >= 0.3 is 0 Å². The lowest BCUT2D eigenvalue weighted by Crippen LogP contribution is -1.97. The van der Waals surface area contributed by atoms with Gasteiger partial charge in [0.1, 0.15) is 0 Å². The number of aromatic nitrogens is 4. The Hall–Kier alpha value is -8.34. The van der Waals surface area contributed by atoms with Crippen molar-refractivity contribution in [3.63, 3.8) is 0 Å². The molecule has 0 radical (unpaired) electrons. The van der Waals surface area contributed by atoms with E-state index in [-0.39, 0.29) is 0 Å². The predicted octanol–water partition coefficient (Wildman–Crippen LogP) is 15.0. The maximum atomic E-state index is 5.13. The largest absolute Gasteiger partial charge is 0.309 e. The zero-order chi connectivity index (χ0) is 41.0. The van der Waals surface area contributed by atoms with Crippen LogP contribution in [0.5, 0.6) is 0 Å². The molecule has 0 aliphatic carbocycles. The fourth-order valence-electron chi connectivity index (χ4n) is 9.16. The second kappa shape index (κ2) is 14.7. The van der Waals surface area contributed by atoms with E-state index in [0.717, 1.165) is 50.5 Å². The van der Waals surface area contributed by atoms with Crippen LogP contribution in [0, 0.1) is 0 Å². The van der Waals surface area contributed by atoms with Gasteiger partial charge in [-0.3, -0.25) is 0 Å². The molecule has 0 amide bonds. The van der Waals surface area contributed by atoms with E-state index in [2.05, 4.69) is 215 Å². The molecule has 12 rings (SSSR count). The summed E-state index contributed by atoms with van der Waals surface area (Å²) in [7, 11) is 0. The quantitative estimate of drug-likeness (QED) is 0.161. The minimum absolute atomic E-state index is 0.706. The van der Waals surface area contributed by atoms with Crippen LogP contribution < -0.4 is 0 Å². The van der Waals surface area contributed by atoms with Gasteiger partial charge in [-0.05, 0) is 82.9 Å². The Kier molecular flexibility index (Phi) is 8.46. The molecule has 0 fully saturated rings. The average Bonchev–Trinajstić information content (AvgIpc) is 3.87. The summed E-state index contributed by atoms with van der Waals surface area (Å²) >= 11 is 0. The summed E-state index contributed by atoms with van der Waals surface area (Å²) in [6.07, 6.45) is 0. The third kappa shape index (κ3) is 6.08. The number of hydrogen-bond donors (Lipinski definition) is 0. The molecule has 0 bridgehead atoms. The van der Waals surface area contributed by atoms with Gasteiger partial charge in [0.2, 0.25) is 0 Å². The molecule has 0 saturated heterocycles. The standard InChI is InChI=1S/C58H38N4/c1-4-15-41(16-5-1)52-38-53(60-58(59-52)42-17-6-2-7-18-42)45-19-14-22-47(35-45)62-55-26-13-11-24-49(55)51-36-43(32-34-56(51)62)39-27-29-40(30-28-39)44-31-33-50-48-23-10-12-25-54(48)61(57(50)37-44)46-20-8-3-9-21-46/h1-38H. The molecular weight excluding hydrogens is 753 g/mol. The fraction of sp³-hybridized carbons (Fsp3) is 0. The third-order valence-electron chi connectivity index (χ3n) is 12.1. The van der Waals surface area contributed by atoms with E-state index in [0.29, 0.717) is 5.82 Å². The van der Waals surface area contributed by atoms with Gasteiger partial charge in [-0.1, -0.05) is 170 Å². The summed E-state index contributed by atoms with van der Waals surface area (Å²) in [5.41, 5.74) is 16.6. The molecule has 0 atom stereocenters. The number of para-hydroxylation sites is 3. The van der Waals surface area contributed by atoms with Crippen LogP contribution in [0.3, 0.4) is 0 Å². The van der Waals surface area contributed by atoms with Crippen molar-refractivity contribution in [2.45, 2.75) is 0 Å². The van der Waals surface area contributed by atoms with Crippen LogP contribution in [0.4, 0.5) is 0 Å². The Bertz CT molecular complexity index is 3550. The minimum atomic E-state index is 0.706. The number of benzene rings is 9. The van der Waals surface area contributed by atoms with Crippen LogP contribution in [0.15, 0.2) is 231 Å². The van der Waals surface area contributed by atoms with Gasteiger partial charge in [0.25, 0.3) is 0 Å². The van der Waals surface area contributed by atoms with Gasteiger partial charge in [0, 0.05) is 49.6 Å². The monoisotopic (exact) mass is 790 g/mol. The van der Waals surface area contributed by atoms with Crippen molar-refractivity contribution in [1.82, 2.24) is 19.1 Å². The van der Waals surface area contributed by atoms with Crippen molar-refractivity contribution < 1.29 is 0 Å². The summed E-state index contributed by atoms with van der Waals surface area (Å²) in [6, 6.07) is 82.2. The minimum Gasteiger partial charge on any atom is -0.309 e. The Labute approximate surface area is 359 Å². The zero-order valence-corrected chi connectivity index (χ0v) is 33.7. The summed E-state index contributed by atoms with van der Waals surface area (Å²) in [4.78, 5) is 10.2. The van der Waals surface area contributed by atoms with Crippen LogP contribution in [0.25, 0.3) is 111 Å². The van der Waals surface area contributed by atoms with E-state index in [9.17, 15) is 0 Å². The molecule has 0 N–H and O–H groups in total. The molecule has 12 aromatic rings. The lowest BCUT2D eigenvalue weighted by molar-refractivity contribution is 1.16. The van der Waals surface area contributed by atoms with Gasteiger partial charge in [-0.25, -0.2) is 9.97 Å². The average molecular weight is 791 g/mol. The van der Waals surface area contributed by atoms with Crippen molar-refractivity contribution in [3.05, 3.63) is 231 Å². The first-order valence-electron chi connectivity index (χ1n) is 21.1. The summed E-state index contributed by atoms with van der Waals surface area (Å²) in [6.45, 7) is 0. The first-order chi connectivity index (χ1) is 30.7. The number of rotatable bonds is 7. The molecule has 290 valence electrons. The lowest BCUT2D eigenvalue weighted by Gasteiger charge is -2.12. The Balaban J connectivity index is 0.920. The second-order valence-electron chi connectivity index (χ2n) is 15.8. The van der Waals surface area contributed by atoms with Crippen LogP contribution in [0.2, 0.25) is 0 Å². The van der Waals surface area contributed by atoms with Crippen molar-refractivity contribution in [3.8, 4) is 67.5 Å². The highest BCUT2D eigenvalue weighted by atomic mass is 15.0. The normalized spacial score (nSPS) is 11.5. The van der Waals surface area contributed by atoms with E-state index >= 15 is 0 Å². The van der Waals surface area contributed by atoms with Gasteiger partial charge < -0.3 is 9.13 Å². The van der Waals surface area contributed by atoms with Crippen LogP contribution in [0.1, 0.15) is 0 Å². The van der Waals surface area contributed by atoms with Crippen molar-refractivity contribution >= 4 is 43.6 Å². The van der Waals surface area contributed by atoms with Gasteiger partial charge in [-0.2, -0.15) is 0 Å². The number of hydrogen-bond acceptors (Lipinski definition) is 2. The van der Waals surface area contributed by atoms with Crippen molar-refractivity contribution in [1.29, 1.82) is 0 Å². The Morgan fingerprint density at radius 2 is 0.710 bits per heavy atom. The van der Waals surface area contributed by atoms with Crippen LogP contribution in [-0.2, 0) is 0 Å². The van der Waals surface area contributed by atoms with Crippen molar-refractivity contribution in [2.24, 2.45) is 0 Å². The first kappa shape index (κ1) is 35.6. The summed E-state index contributed by atoms with van der Waals surface area (Å²) in [5.74, 6) is 0.706. The van der Waals surface area contributed by atoms with Crippen molar-refractivity contribution in [2.75, 3.05) is 0 Å². The summed E-state index contributed by atoms with van der Waals surface area (Å²) < 4.78 is 4.76. The third-order valence-corrected chi connectivity index (χ3v) is 12.1. The SMILES string of the molecule is c1ccc(-c2cc(-c3cccc(-n4c5ccccc5c5cc(-c6ccc(-c7ccc8c9ccccc9n(-c9ccccc9)c8c7)cc6)ccc54)c3)nc(-c3ccccc3)n2)cc1. The lowest BCUT2D eigenvalue weighted by atomic mass is 9.98. The molecule has 4 nitrogen and oxygen atoms in total. The highest BCUT2D eigenvalue weighted by Gasteiger charge is 2.17. The molecule has 0 aliphatic heterocycles. The first-order valence-corrected chi connectivity index (χ1v) is 21.1. The molecule has 3 heterocycles. The highest BCUT2D eigenvalue weighted by Crippen LogP contribution is 2.38. The zero-order valence-electron chi connectivity index (χ0n) is 33.7. The molecule has 9 aromatic carbocycles. The van der Waals surface area contributed by atoms with Crippen LogP contribution >= 0.6 is 0 Å². The van der Waals surface area contributed by atoms with Gasteiger partial charge in [0.05, 0.1) is 33.5 Å². The van der Waals surface area contributed by atoms with E-state index in [1.54, 1.807) is 0 Å². The maximum absolute atomic E-state index is 5.13. The number of nitrogens with zero attached hydrogens (tertiary/aromatic N) is 4. The van der Waals surface area contributed by atoms with E-state index in [1.807, 2.05) is 24.3 Å². The molecule has 62 heavy (non-hydrogen) atoms. The molecule has 3 aromatic heterocycles. The molecular formula is C58H38N4. The Morgan fingerprint density at radius 1 is 0.242 bits per heavy atom. The fourth-order valence-corrected chi connectivity index (χ4v) is 9.16. The second-order valence-corrected chi connectivity index (χ2v) is 15.8. The molecule has 0 spiro atoms. The molecule has 0 unspecified atom stereocenters. The molecule has 0 aliphatic rings. The van der Waals surface area contributed by atoms with E-state index in [4.69, 9.17) is 9.97 Å². The van der Waals surface area contributed by atoms with Crippen LogP contribution in [-0.4, -0.2) is 19.1 Å². The topological polar surface area (TPSA) is 35.6 Å². The maximum Gasteiger partial charge on any atom is 0.160 e. The number of fused-ring (bicyclic) bond motifs is 6. The smallest absolute Gasteiger partial charge is 0.160 e. The Morgan fingerprint density at radius 3 is 1.40 bits per heavy atom. The van der Waals surface area contributed by atoms with E-state index in [1.165, 1.54) is 54.8 Å². The molecule has 4 heteroatoms. The van der Waals surface area contributed by atoms with Gasteiger partial charge in [-0.15, -0.1) is 0 Å². The predicted molar refractivity (Wildman–Crippen MR) is 258 cm³/mol.